The second-order valence-corrected chi connectivity index (χ2v) is 9.07. The molecule has 0 bridgehead atoms. The third-order valence-electron chi connectivity index (χ3n) is 4.26. The van der Waals surface area contributed by atoms with Crippen molar-refractivity contribution in [1.82, 2.24) is 15.1 Å². The molecule has 1 amide bonds. The van der Waals surface area contributed by atoms with Crippen molar-refractivity contribution in [3.63, 3.8) is 0 Å². The molecule has 1 N–H and O–H groups in total. The SMILES string of the molecule is CS(=O)(=O)c1ccc(CCC(=O)NC[C@@H](c2ccsc2)n2cccn2)cc1. The summed E-state index contributed by atoms with van der Waals surface area (Å²) >= 11 is 1.61. The maximum Gasteiger partial charge on any atom is 0.220 e. The van der Waals surface area contributed by atoms with E-state index in [4.69, 9.17) is 0 Å². The number of nitrogens with one attached hydrogen (secondary N) is 1. The lowest BCUT2D eigenvalue weighted by molar-refractivity contribution is -0.121. The molecule has 0 saturated carbocycles. The molecule has 0 aliphatic heterocycles. The van der Waals surface area contributed by atoms with Gasteiger partial charge in [-0.1, -0.05) is 12.1 Å². The molecule has 27 heavy (non-hydrogen) atoms. The molecule has 2 heterocycles. The van der Waals surface area contributed by atoms with Gasteiger partial charge in [-0.05, 0) is 52.6 Å². The summed E-state index contributed by atoms with van der Waals surface area (Å²) in [6.45, 7) is 0.463. The van der Waals surface area contributed by atoms with Crippen LogP contribution < -0.4 is 5.32 Å². The number of carbonyl (C=O) groups excluding carboxylic acids is 1. The fourth-order valence-electron chi connectivity index (χ4n) is 2.75. The van der Waals surface area contributed by atoms with E-state index in [2.05, 4.69) is 15.8 Å². The topological polar surface area (TPSA) is 81.1 Å². The Morgan fingerprint density at radius 2 is 2.04 bits per heavy atom. The average Bonchev–Trinajstić information content (AvgIpc) is 3.34. The minimum atomic E-state index is -3.20. The van der Waals surface area contributed by atoms with Crippen molar-refractivity contribution in [3.05, 3.63) is 70.7 Å². The van der Waals surface area contributed by atoms with Crippen molar-refractivity contribution in [1.29, 1.82) is 0 Å². The maximum absolute atomic E-state index is 12.3. The van der Waals surface area contributed by atoms with Gasteiger partial charge in [-0.2, -0.15) is 16.4 Å². The molecule has 6 nitrogen and oxygen atoms in total. The van der Waals surface area contributed by atoms with Gasteiger partial charge in [-0.3, -0.25) is 9.48 Å². The van der Waals surface area contributed by atoms with Crippen LogP contribution in [0.1, 0.15) is 23.6 Å². The Hall–Kier alpha value is -2.45. The molecule has 0 fully saturated rings. The van der Waals surface area contributed by atoms with Crippen LogP contribution >= 0.6 is 11.3 Å². The number of carbonyl (C=O) groups is 1. The number of thiophene rings is 1. The average molecular weight is 404 g/mol. The molecule has 0 aliphatic rings. The third kappa shape index (κ3) is 5.27. The number of aromatic nitrogens is 2. The molecule has 2 aromatic heterocycles. The number of sulfone groups is 1. The number of aryl methyl sites for hydroxylation is 1. The molecule has 0 aliphatic carbocycles. The van der Waals surface area contributed by atoms with Gasteiger partial charge in [0.15, 0.2) is 9.84 Å². The lowest BCUT2D eigenvalue weighted by Crippen LogP contribution is -2.31. The van der Waals surface area contributed by atoms with Crippen LogP contribution in [0.5, 0.6) is 0 Å². The van der Waals surface area contributed by atoms with Crippen LogP contribution in [-0.4, -0.2) is 36.9 Å². The number of hydrogen-bond donors (Lipinski definition) is 1. The highest BCUT2D eigenvalue weighted by atomic mass is 32.2. The Morgan fingerprint density at radius 3 is 2.63 bits per heavy atom. The lowest BCUT2D eigenvalue weighted by Gasteiger charge is -2.17. The zero-order chi connectivity index (χ0) is 19.3. The fraction of sp³-hybridized carbons (Fsp3) is 0.263. The highest BCUT2D eigenvalue weighted by Crippen LogP contribution is 2.19. The summed E-state index contributed by atoms with van der Waals surface area (Å²) in [4.78, 5) is 12.5. The van der Waals surface area contributed by atoms with Gasteiger partial charge in [-0.25, -0.2) is 8.42 Å². The first-order valence-corrected chi connectivity index (χ1v) is 11.3. The predicted octanol–water partition coefficient (Wildman–Crippen LogP) is 2.69. The van der Waals surface area contributed by atoms with Crippen molar-refractivity contribution < 1.29 is 13.2 Å². The summed E-state index contributed by atoms with van der Waals surface area (Å²) in [5.41, 5.74) is 2.04. The van der Waals surface area contributed by atoms with E-state index in [1.807, 2.05) is 28.4 Å². The lowest BCUT2D eigenvalue weighted by atomic mass is 10.1. The van der Waals surface area contributed by atoms with Gasteiger partial charge >= 0.3 is 0 Å². The molecule has 0 unspecified atom stereocenters. The van der Waals surface area contributed by atoms with Gasteiger partial charge in [0.1, 0.15) is 0 Å². The van der Waals surface area contributed by atoms with Crippen LogP contribution in [0.3, 0.4) is 0 Å². The molecule has 0 spiro atoms. The number of benzene rings is 1. The van der Waals surface area contributed by atoms with Gasteiger partial charge in [-0.15, -0.1) is 0 Å². The van der Waals surface area contributed by atoms with Gasteiger partial charge in [0.05, 0.1) is 10.9 Å². The van der Waals surface area contributed by atoms with E-state index in [9.17, 15) is 13.2 Å². The van der Waals surface area contributed by atoms with Crippen LogP contribution in [0.15, 0.2) is 64.4 Å². The van der Waals surface area contributed by atoms with E-state index in [1.165, 1.54) is 6.26 Å². The summed E-state index contributed by atoms with van der Waals surface area (Å²) in [5, 5.41) is 11.3. The smallest absolute Gasteiger partial charge is 0.220 e. The molecule has 1 aromatic carbocycles. The quantitative estimate of drug-likeness (QED) is 0.627. The molecule has 3 rings (SSSR count). The Bertz CT molecular complexity index is 930. The van der Waals surface area contributed by atoms with E-state index < -0.39 is 9.84 Å². The molecule has 142 valence electrons. The Balaban J connectivity index is 1.54. The first-order chi connectivity index (χ1) is 12.9. The first-order valence-electron chi connectivity index (χ1n) is 8.50. The summed E-state index contributed by atoms with van der Waals surface area (Å²) < 4.78 is 24.8. The van der Waals surface area contributed by atoms with Crippen LogP contribution in [0.2, 0.25) is 0 Å². The van der Waals surface area contributed by atoms with Crippen molar-refractivity contribution in [2.45, 2.75) is 23.8 Å². The molecular weight excluding hydrogens is 382 g/mol. The monoisotopic (exact) mass is 403 g/mol. The zero-order valence-corrected chi connectivity index (χ0v) is 16.5. The van der Waals surface area contributed by atoms with Crippen LogP contribution in [0.4, 0.5) is 0 Å². The van der Waals surface area contributed by atoms with Gasteiger partial charge < -0.3 is 5.32 Å². The van der Waals surface area contributed by atoms with E-state index in [0.717, 1.165) is 11.1 Å². The second kappa shape index (κ2) is 8.49. The van der Waals surface area contributed by atoms with Gasteiger partial charge in [0.2, 0.25) is 5.91 Å². The minimum Gasteiger partial charge on any atom is -0.354 e. The summed E-state index contributed by atoms with van der Waals surface area (Å²) in [6, 6.07) is 10.5. The van der Waals surface area contributed by atoms with Crippen molar-refractivity contribution in [3.8, 4) is 0 Å². The summed E-state index contributed by atoms with van der Waals surface area (Å²) in [5.74, 6) is -0.0467. The molecule has 8 heteroatoms. The molecule has 1 atom stereocenters. The second-order valence-electron chi connectivity index (χ2n) is 6.28. The number of nitrogens with zero attached hydrogens (tertiary/aromatic N) is 2. The van der Waals surface area contributed by atoms with Crippen molar-refractivity contribution in [2.75, 3.05) is 12.8 Å². The highest BCUT2D eigenvalue weighted by molar-refractivity contribution is 7.90. The van der Waals surface area contributed by atoms with Crippen molar-refractivity contribution >= 4 is 27.1 Å². The highest BCUT2D eigenvalue weighted by Gasteiger charge is 2.16. The zero-order valence-electron chi connectivity index (χ0n) is 14.9. The molecule has 0 radical (unpaired) electrons. The van der Waals surface area contributed by atoms with E-state index >= 15 is 0 Å². The van der Waals surface area contributed by atoms with E-state index in [-0.39, 0.29) is 16.8 Å². The van der Waals surface area contributed by atoms with E-state index in [0.29, 0.717) is 19.4 Å². The summed E-state index contributed by atoms with van der Waals surface area (Å²) in [6.07, 6.45) is 5.69. The normalized spacial score (nSPS) is 12.6. The summed E-state index contributed by atoms with van der Waals surface area (Å²) in [7, 11) is -3.20. The van der Waals surface area contributed by atoms with Gasteiger partial charge in [0.25, 0.3) is 0 Å². The largest absolute Gasteiger partial charge is 0.354 e. The van der Waals surface area contributed by atoms with Crippen molar-refractivity contribution in [2.24, 2.45) is 0 Å². The van der Waals surface area contributed by atoms with Crippen LogP contribution in [0, 0.1) is 0 Å². The Labute approximate surface area is 162 Å². The fourth-order valence-corrected chi connectivity index (χ4v) is 4.09. The number of rotatable bonds is 8. The minimum absolute atomic E-state index is 0.0377. The molecule has 0 saturated heterocycles. The standard InChI is InChI=1S/C19H21N3O3S2/c1-27(24,25)17-6-3-15(4-7-17)5-8-19(23)20-13-18(16-9-12-26-14-16)22-11-2-10-21-22/h2-4,6-7,9-12,14,18H,5,8,13H2,1H3,(H,20,23)/t18-/m0/s1. The predicted molar refractivity (Wildman–Crippen MR) is 106 cm³/mol. The molecule has 3 aromatic rings. The third-order valence-corrected chi connectivity index (χ3v) is 6.09. The molecular formula is C19H21N3O3S2. The first kappa shape index (κ1) is 19.3. The Kier molecular flexibility index (Phi) is 6.08. The Morgan fingerprint density at radius 1 is 1.26 bits per heavy atom. The number of hydrogen-bond acceptors (Lipinski definition) is 5. The number of amides is 1. The van der Waals surface area contributed by atoms with Crippen LogP contribution in [0.25, 0.3) is 0 Å². The van der Waals surface area contributed by atoms with E-state index in [1.54, 1.807) is 41.8 Å². The van der Waals surface area contributed by atoms with Gasteiger partial charge in [0, 0.05) is 31.6 Å². The maximum atomic E-state index is 12.3. The van der Waals surface area contributed by atoms with Crippen LogP contribution in [-0.2, 0) is 21.1 Å².